The summed E-state index contributed by atoms with van der Waals surface area (Å²) in [4.78, 5) is 9.44. The molecule has 108 valence electrons. The number of halogens is 1. The third-order valence-corrected chi connectivity index (χ3v) is 4.61. The smallest absolute Gasteiger partial charge is 0.143 e. The average molecular weight is 393 g/mol. The van der Waals surface area contributed by atoms with Gasteiger partial charge in [-0.15, -0.1) is 0 Å². The predicted molar refractivity (Wildman–Crippen MR) is 94.0 cm³/mol. The maximum absolute atomic E-state index is 4.78. The topological polar surface area (TPSA) is 37.8 Å². The summed E-state index contributed by atoms with van der Waals surface area (Å²) in [5.74, 6) is 2.78. The molecule has 0 bridgehead atoms. The molecule has 1 rings (SSSR count). The number of rotatable bonds is 5. The van der Waals surface area contributed by atoms with Crippen LogP contribution in [0.3, 0.4) is 0 Å². The zero-order chi connectivity index (χ0) is 14.6. The molecule has 0 fully saturated rings. The van der Waals surface area contributed by atoms with Crippen molar-refractivity contribution in [3.05, 3.63) is 15.1 Å². The van der Waals surface area contributed by atoms with E-state index < -0.39 is 0 Å². The molecule has 0 unspecified atom stereocenters. The van der Waals surface area contributed by atoms with Gasteiger partial charge in [-0.25, -0.2) is 9.97 Å². The predicted octanol–water partition coefficient (Wildman–Crippen LogP) is 4.45. The van der Waals surface area contributed by atoms with Crippen LogP contribution in [0, 0.1) is 3.57 Å². The SMILES string of the molecule is CCNc1nc(CSC(C)C)nc(C(C)(C)C)c1I. The van der Waals surface area contributed by atoms with Crippen LogP contribution in [0.1, 0.15) is 53.1 Å². The fraction of sp³-hybridized carbons (Fsp3) is 0.714. The minimum absolute atomic E-state index is 0.0425. The van der Waals surface area contributed by atoms with Crippen molar-refractivity contribution in [3.63, 3.8) is 0 Å². The van der Waals surface area contributed by atoms with E-state index in [4.69, 9.17) is 4.98 Å². The van der Waals surface area contributed by atoms with Gasteiger partial charge >= 0.3 is 0 Å². The standard InChI is InChI=1S/C14H24IN3S/c1-7-16-13-11(15)12(14(4,5)6)17-10(18-13)8-19-9(2)3/h9H,7-8H2,1-6H3,(H,16,17,18). The Kier molecular flexibility index (Phi) is 6.36. The molecule has 5 heteroatoms. The summed E-state index contributed by atoms with van der Waals surface area (Å²) in [6.45, 7) is 14.0. The maximum atomic E-state index is 4.78. The molecule has 1 heterocycles. The summed E-state index contributed by atoms with van der Waals surface area (Å²) in [6.07, 6.45) is 0. The van der Waals surface area contributed by atoms with E-state index in [9.17, 15) is 0 Å². The first kappa shape index (κ1) is 17.0. The van der Waals surface area contributed by atoms with Gasteiger partial charge in [0.1, 0.15) is 11.6 Å². The summed E-state index contributed by atoms with van der Waals surface area (Å²) in [5, 5.41) is 3.95. The minimum atomic E-state index is 0.0425. The lowest BCUT2D eigenvalue weighted by Crippen LogP contribution is -2.19. The van der Waals surface area contributed by atoms with Gasteiger partial charge in [0.05, 0.1) is 15.0 Å². The summed E-state index contributed by atoms with van der Waals surface area (Å²) >= 11 is 4.23. The number of hydrogen-bond acceptors (Lipinski definition) is 4. The quantitative estimate of drug-likeness (QED) is 0.750. The molecule has 0 radical (unpaired) electrons. The van der Waals surface area contributed by atoms with Crippen LogP contribution in [0.15, 0.2) is 0 Å². The van der Waals surface area contributed by atoms with Crippen molar-refractivity contribution in [1.82, 2.24) is 9.97 Å². The monoisotopic (exact) mass is 393 g/mol. The van der Waals surface area contributed by atoms with Crippen molar-refractivity contribution >= 4 is 40.2 Å². The lowest BCUT2D eigenvalue weighted by Gasteiger charge is -2.22. The Morgan fingerprint density at radius 2 is 1.89 bits per heavy atom. The lowest BCUT2D eigenvalue weighted by atomic mass is 9.92. The molecular formula is C14H24IN3S. The summed E-state index contributed by atoms with van der Waals surface area (Å²) < 4.78 is 1.14. The van der Waals surface area contributed by atoms with Crippen LogP contribution in [-0.4, -0.2) is 21.8 Å². The van der Waals surface area contributed by atoms with E-state index in [0.29, 0.717) is 5.25 Å². The van der Waals surface area contributed by atoms with Crippen LogP contribution in [0.2, 0.25) is 0 Å². The molecule has 0 aliphatic heterocycles. The Morgan fingerprint density at radius 1 is 1.26 bits per heavy atom. The highest BCUT2D eigenvalue weighted by atomic mass is 127. The number of aromatic nitrogens is 2. The third-order valence-electron chi connectivity index (χ3n) is 2.50. The molecule has 0 amide bonds. The number of hydrogen-bond donors (Lipinski definition) is 1. The first-order chi connectivity index (χ1) is 8.75. The van der Waals surface area contributed by atoms with Crippen molar-refractivity contribution < 1.29 is 0 Å². The molecule has 0 atom stereocenters. The molecule has 1 N–H and O–H groups in total. The Labute approximate surface area is 134 Å². The third kappa shape index (κ3) is 5.10. The molecule has 19 heavy (non-hydrogen) atoms. The van der Waals surface area contributed by atoms with Crippen molar-refractivity contribution in [2.75, 3.05) is 11.9 Å². The van der Waals surface area contributed by atoms with E-state index in [1.807, 2.05) is 11.8 Å². The largest absolute Gasteiger partial charge is 0.369 e. The van der Waals surface area contributed by atoms with E-state index in [2.05, 4.69) is 74.4 Å². The Hall–Kier alpha value is -0.0400. The normalized spacial score (nSPS) is 12.0. The molecule has 0 aliphatic rings. The number of thioether (sulfide) groups is 1. The van der Waals surface area contributed by atoms with Crippen molar-refractivity contribution in [1.29, 1.82) is 0 Å². The van der Waals surface area contributed by atoms with E-state index >= 15 is 0 Å². The van der Waals surface area contributed by atoms with Crippen LogP contribution in [-0.2, 0) is 11.2 Å². The van der Waals surface area contributed by atoms with Crippen molar-refractivity contribution in [2.24, 2.45) is 0 Å². The second-order valence-corrected chi connectivity index (χ2v) is 8.43. The fourth-order valence-electron chi connectivity index (χ4n) is 1.58. The Morgan fingerprint density at radius 3 is 2.37 bits per heavy atom. The molecule has 0 aliphatic carbocycles. The van der Waals surface area contributed by atoms with Crippen LogP contribution in [0.25, 0.3) is 0 Å². The molecule has 0 saturated heterocycles. The Balaban J connectivity index is 3.15. The maximum Gasteiger partial charge on any atom is 0.143 e. The zero-order valence-electron chi connectivity index (χ0n) is 12.7. The summed E-state index contributed by atoms with van der Waals surface area (Å²) in [7, 11) is 0. The van der Waals surface area contributed by atoms with Gasteiger partial charge in [-0.05, 0) is 34.8 Å². The van der Waals surface area contributed by atoms with Crippen molar-refractivity contribution in [3.8, 4) is 0 Å². The van der Waals surface area contributed by atoms with E-state index in [0.717, 1.165) is 33.2 Å². The second-order valence-electron chi connectivity index (χ2n) is 5.79. The van der Waals surface area contributed by atoms with Gasteiger partial charge in [0.15, 0.2) is 0 Å². The molecule has 1 aromatic rings. The van der Waals surface area contributed by atoms with Crippen LogP contribution in [0.4, 0.5) is 5.82 Å². The minimum Gasteiger partial charge on any atom is -0.369 e. The van der Waals surface area contributed by atoms with Gasteiger partial charge in [-0.3, -0.25) is 0 Å². The molecule has 0 spiro atoms. The highest BCUT2D eigenvalue weighted by molar-refractivity contribution is 14.1. The Bertz CT molecular complexity index is 427. The molecule has 0 saturated carbocycles. The van der Waals surface area contributed by atoms with Crippen molar-refractivity contribution in [2.45, 2.75) is 58.0 Å². The highest BCUT2D eigenvalue weighted by Gasteiger charge is 2.23. The second kappa shape index (κ2) is 7.11. The van der Waals surface area contributed by atoms with Gasteiger partial charge in [-0.1, -0.05) is 34.6 Å². The van der Waals surface area contributed by atoms with Gasteiger partial charge in [0.25, 0.3) is 0 Å². The van der Waals surface area contributed by atoms with Gasteiger partial charge < -0.3 is 5.32 Å². The van der Waals surface area contributed by atoms with Crippen LogP contribution >= 0.6 is 34.4 Å². The van der Waals surface area contributed by atoms with Crippen LogP contribution < -0.4 is 5.32 Å². The van der Waals surface area contributed by atoms with Gasteiger partial charge in [-0.2, -0.15) is 11.8 Å². The van der Waals surface area contributed by atoms with Crippen LogP contribution in [0.5, 0.6) is 0 Å². The summed E-state index contributed by atoms with van der Waals surface area (Å²) in [6, 6.07) is 0. The average Bonchev–Trinajstić information content (AvgIpc) is 2.28. The van der Waals surface area contributed by atoms with E-state index in [1.165, 1.54) is 0 Å². The highest BCUT2D eigenvalue weighted by Crippen LogP contribution is 2.30. The first-order valence-corrected chi connectivity index (χ1v) is 8.80. The fourth-order valence-corrected chi connectivity index (χ4v) is 3.43. The zero-order valence-corrected chi connectivity index (χ0v) is 15.6. The number of nitrogens with one attached hydrogen (secondary N) is 1. The molecule has 3 nitrogen and oxygen atoms in total. The molecular weight excluding hydrogens is 369 g/mol. The van der Waals surface area contributed by atoms with E-state index in [-0.39, 0.29) is 5.41 Å². The van der Waals surface area contributed by atoms with Gasteiger partial charge in [0.2, 0.25) is 0 Å². The lowest BCUT2D eigenvalue weighted by molar-refractivity contribution is 0.560. The summed E-state index contributed by atoms with van der Waals surface area (Å²) in [5.41, 5.74) is 1.18. The first-order valence-electron chi connectivity index (χ1n) is 6.68. The molecule has 1 aromatic heterocycles. The molecule has 0 aromatic carbocycles. The van der Waals surface area contributed by atoms with Gasteiger partial charge in [0, 0.05) is 12.0 Å². The number of anilines is 1. The van der Waals surface area contributed by atoms with E-state index in [1.54, 1.807) is 0 Å². The number of nitrogens with zero attached hydrogens (tertiary/aromatic N) is 2.